The lowest BCUT2D eigenvalue weighted by Crippen LogP contribution is -2.16. The molecule has 7 aromatic rings. The van der Waals surface area contributed by atoms with Crippen LogP contribution in [0.4, 0.5) is 0 Å². The van der Waals surface area contributed by atoms with E-state index in [1.54, 1.807) is 12.5 Å². The number of hydrogen-bond acceptors (Lipinski definition) is 4. The predicted octanol–water partition coefficient (Wildman–Crippen LogP) is 8.74. The Morgan fingerprint density at radius 3 is 1.40 bits per heavy atom. The number of nitrogens with zero attached hydrogens (tertiary/aromatic N) is 2. The summed E-state index contributed by atoms with van der Waals surface area (Å²) < 4.78 is 16.0. The second-order valence-corrected chi connectivity index (χ2v) is 10.9. The highest BCUT2D eigenvalue weighted by atomic mass is 16.3. The molecule has 4 heterocycles. The summed E-state index contributed by atoms with van der Waals surface area (Å²) in [6, 6.07) is 23.1. The van der Waals surface area contributed by atoms with Crippen LogP contribution in [0.3, 0.4) is 0 Å². The van der Waals surface area contributed by atoms with Crippen LogP contribution >= 0.6 is 0 Å². The normalized spacial score (nSPS) is 11.9. The number of aromatic nitrogens is 2. The SMILES string of the molecule is CCCCn1c2cc3c(=O)c4cccc(-c5ccco5)c4n(CCCC)c3cc2c(=O)c2cccc(-c3ccco3)c21. The van der Waals surface area contributed by atoms with E-state index in [-0.39, 0.29) is 10.9 Å². The van der Waals surface area contributed by atoms with Crippen LogP contribution in [0.5, 0.6) is 0 Å². The smallest absolute Gasteiger partial charge is 0.197 e. The number of furan rings is 2. The van der Waals surface area contributed by atoms with E-state index in [2.05, 4.69) is 23.0 Å². The molecule has 0 saturated carbocycles. The zero-order chi connectivity index (χ0) is 28.8. The van der Waals surface area contributed by atoms with Crippen LogP contribution in [0.2, 0.25) is 0 Å². The van der Waals surface area contributed by atoms with Crippen LogP contribution in [0, 0.1) is 0 Å². The number of para-hydroxylation sites is 2. The standard InChI is InChI=1S/C36H32N2O4/c1-3-5-17-37-29-21-28-30(22-27(29)35(39)25-13-7-11-23(33(25)37)31-15-9-19-41-31)38(18-6-4-2)34-24(32-16-10-20-42-32)12-8-14-26(34)36(28)40/h7-16,19-22H,3-6,17-18H2,1-2H3. The third kappa shape index (κ3) is 4.01. The second-order valence-electron chi connectivity index (χ2n) is 10.9. The number of pyridine rings is 2. The molecular weight excluding hydrogens is 524 g/mol. The highest BCUT2D eigenvalue weighted by Crippen LogP contribution is 2.34. The van der Waals surface area contributed by atoms with E-state index in [0.717, 1.165) is 58.9 Å². The average Bonchev–Trinajstić information content (AvgIpc) is 3.76. The van der Waals surface area contributed by atoms with Gasteiger partial charge in [-0.1, -0.05) is 38.8 Å². The van der Waals surface area contributed by atoms with Crippen LogP contribution < -0.4 is 10.9 Å². The van der Waals surface area contributed by atoms with Crippen LogP contribution in [0.15, 0.2) is 104 Å². The topological polar surface area (TPSA) is 70.3 Å². The second kappa shape index (κ2) is 10.5. The molecule has 0 unspecified atom stereocenters. The van der Waals surface area contributed by atoms with Crippen LogP contribution in [-0.4, -0.2) is 9.13 Å². The molecule has 0 N–H and O–H groups in total. The molecule has 0 atom stereocenters. The van der Waals surface area contributed by atoms with Crippen LogP contribution in [0.25, 0.3) is 66.3 Å². The van der Waals surface area contributed by atoms with Crippen molar-refractivity contribution >= 4 is 43.6 Å². The summed E-state index contributed by atoms with van der Waals surface area (Å²) in [6.07, 6.45) is 7.16. The lowest BCUT2D eigenvalue weighted by atomic mass is 9.99. The lowest BCUT2D eigenvalue weighted by Gasteiger charge is -2.20. The van der Waals surface area contributed by atoms with E-state index >= 15 is 0 Å². The molecule has 42 heavy (non-hydrogen) atoms. The lowest BCUT2D eigenvalue weighted by molar-refractivity contribution is 0.581. The number of unbranched alkanes of at least 4 members (excludes halogenated alkanes) is 2. The summed E-state index contributed by atoms with van der Waals surface area (Å²) in [5.41, 5.74) is 4.87. The zero-order valence-electron chi connectivity index (χ0n) is 23.9. The molecule has 7 rings (SSSR count). The fraction of sp³-hybridized carbons (Fsp3) is 0.222. The minimum atomic E-state index is -0.0445. The van der Waals surface area contributed by atoms with E-state index in [9.17, 15) is 9.59 Å². The van der Waals surface area contributed by atoms with Gasteiger partial charge in [0, 0.05) is 45.8 Å². The van der Waals surface area contributed by atoms with Crippen LogP contribution in [-0.2, 0) is 13.1 Å². The minimum absolute atomic E-state index is 0.0445. The Morgan fingerprint density at radius 1 is 0.571 bits per heavy atom. The van der Waals surface area contributed by atoms with Gasteiger partial charge in [-0.25, -0.2) is 0 Å². The molecule has 0 spiro atoms. The first-order valence-electron chi connectivity index (χ1n) is 14.8. The van der Waals surface area contributed by atoms with E-state index in [1.807, 2.05) is 72.8 Å². The molecule has 210 valence electrons. The molecule has 3 aromatic carbocycles. The number of aryl methyl sites for hydroxylation is 2. The molecular formula is C36H32N2O4. The number of hydrogen-bond donors (Lipinski definition) is 0. The molecule has 4 aromatic heterocycles. The first-order chi connectivity index (χ1) is 20.6. The van der Waals surface area contributed by atoms with Gasteiger partial charge in [0.1, 0.15) is 11.5 Å². The molecule has 0 radical (unpaired) electrons. The van der Waals surface area contributed by atoms with Crippen molar-refractivity contribution in [3.8, 4) is 22.6 Å². The van der Waals surface area contributed by atoms with Gasteiger partial charge in [0.15, 0.2) is 10.9 Å². The van der Waals surface area contributed by atoms with Gasteiger partial charge < -0.3 is 18.0 Å². The molecule has 0 amide bonds. The van der Waals surface area contributed by atoms with Gasteiger partial charge in [-0.3, -0.25) is 9.59 Å². The Kier molecular flexibility index (Phi) is 6.54. The molecule has 0 aliphatic rings. The largest absolute Gasteiger partial charge is 0.464 e. The van der Waals surface area contributed by atoms with Crippen LogP contribution in [0.1, 0.15) is 39.5 Å². The van der Waals surface area contributed by atoms with Gasteiger partial charge in [0.05, 0.1) is 34.6 Å². The Hall–Kier alpha value is -4.84. The quantitative estimate of drug-likeness (QED) is 0.176. The van der Waals surface area contributed by atoms with Crippen molar-refractivity contribution in [2.24, 2.45) is 0 Å². The summed E-state index contributed by atoms with van der Waals surface area (Å²) in [5.74, 6) is 1.42. The van der Waals surface area contributed by atoms with E-state index in [4.69, 9.17) is 8.83 Å². The van der Waals surface area contributed by atoms with Crippen molar-refractivity contribution < 1.29 is 8.83 Å². The van der Waals surface area contributed by atoms with Gasteiger partial charge in [0.2, 0.25) is 0 Å². The van der Waals surface area contributed by atoms with Crippen molar-refractivity contribution in [1.82, 2.24) is 9.13 Å². The van der Waals surface area contributed by atoms with Crippen molar-refractivity contribution in [3.05, 3.63) is 106 Å². The highest BCUT2D eigenvalue weighted by Gasteiger charge is 2.21. The fourth-order valence-corrected chi connectivity index (χ4v) is 6.31. The maximum Gasteiger partial charge on any atom is 0.197 e. The molecule has 6 heteroatoms. The summed E-state index contributed by atoms with van der Waals surface area (Å²) >= 11 is 0. The monoisotopic (exact) mass is 556 g/mol. The van der Waals surface area contributed by atoms with Gasteiger partial charge >= 0.3 is 0 Å². The molecule has 0 fully saturated rings. The average molecular weight is 557 g/mol. The predicted molar refractivity (Wildman–Crippen MR) is 170 cm³/mol. The Bertz CT molecular complexity index is 2040. The van der Waals surface area contributed by atoms with Crippen molar-refractivity contribution in [2.45, 2.75) is 52.6 Å². The minimum Gasteiger partial charge on any atom is -0.464 e. The third-order valence-corrected chi connectivity index (χ3v) is 8.33. The molecule has 0 aliphatic carbocycles. The Balaban J connectivity index is 1.67. The number of fused-ring (bicyclic) bond motifs is 4. The van der Waals surface area contributed by atoms with Crippen molar-refractivity contribution in [1.29, 1.82) is 0 Å². The first-order valence-corrected chi connectivity index (χ1v) is 14.8. The maximum atomic E-state index is 14.3. The summed E-state index contributed by atoms with van der Waals surface area (Å²) in [6.45, 7) is 5.75. The number of rotatable bonds is 8. The zero-order valence-corrected chi connectivity index (χ0v) is 23.9. The van der Waals surface area contributed by atoms with Crippen molar-refractivity contribution in [3.63, 3.8) is 0 Å². The highest BCUT2D eigenvalue weighted by molar-refractivity contribution is 6.07. The number of benzene rings is 3. The fourth-order valence-electron chi connectivity index (χ4n) is 6.31. The van der Waals surface area contributed by atoms with E-state index in [1.165, 1.54) is 0 Å². The molecule has 0 saturated heterocycles. The van der Waals surface area contributed by atoms with Gasteiger partial charge in [0.25, 0.3) is 0 Å². The van der Waals surface area contributed by atoms with Gasteiger partial charge in [-0.05, 0) is 73.5 Å². The Morgan fingerprint density at radius 2 is 1.02 bits per heavy atom. The third-order valence-electron chi connectivity index (χ3n) is 8.33. The maximum absolute atomic E-state index is 14.3. The van der Waals surface area contributed by atoms with Gasteiger partial charge in [-0.15, -0.1) is 0 Å². The molecule has 6 nitrogen and oxygen atoms in total. The molecule has 0 aliphatic heterocycles. The molecule has 0 bridgehead atoms. The summed E-state index contributed by atoms with van der Waals surface area (Å²) in [7, 11) is 0. The summed E-state index contributed by atoms with van der Waals surface area (Å²) in [4.78, 5) is 28.5. The van der Waals surface area contributed by atoms with Gasteiger partial charge in [-0.2, -0.15) is 0 Å². The van der Waals surface area contributed by atoms with E-state index in [0.29, 0.717) is 46.2 Å². The van der Waals surface area contributed by atoms with E-state index < -0.39 is 0 Å². The summed E-state index contributed by atoms with van der Waals surface area (Å²) in [5, 5.41) is 2.52. The first kappa shape index (κ1) is 26.1. The Labute approximate surface area is 242 Å². The van der Waals surface area contributed by atoms with Crippen molar-refractivity contribution in [2.75, 3.05) is 0 Å².